The fourth-order valence-electron chi connectivity index (χ4n) is 1.91. The first-order valence-corrected chi connectivity index (χ1v) is 6.99. The average molecular weight is 300 g/mol. The highest BCUT2D eigenvalue weighted by Gasteiger charge is 2.44. The van der Waals surface area contributed by atoms with Crippen molar-refractivity contribution in [2.24, 2.45) is 0 Å². The van der Waals surface area contributed by atoms with Crippen LogP contribution in [0.25, 0.3) is 0 Å². The lowest BCUT2D eigenvalue weighted by molar-refractivity contribution is -0.205. The molecule has 0 saturated carbocycles. The van der Waals surface area contributed by atoms with Gasteiger partial charge < -0.3 is 25.2 Å². The quantitative estimate of drug-likeness (QED) is 0.588. The van der Waals surface area contributed by atoms with Crippen molar-refractivity contribution in [3.8, 4) is 0 Å². The molecule has 1 aromatic rings. The van der Waals surface area contributed by atoms with E-state index in [9.17, 15) is 20.1 Å². The van der Waals surface area contributed by atoms with Gasteiger partial charge in [0.25, 0.3) is 0 Å². The maximum absolute atomic E-state index is 12.0. The molecule has 1 aliphatic heterocycles. The van der Waals surface area contributed by atoms with Gasteiger partial charge in [0, 0.05) is 5.56 Å². The van der Waals surface area contributed by atoms with E-state index in [4.69, 9.17) is 9.84 Å². The lowest BCUT2D eigenvalue weighted by Gasteiger charge is -2.39. The molecule has 1 saturated heterocycles. The summed E-state index contributed by atoms with van der Waals surface area (Å²) in [7, 11) is 0. The fourth-order valence-corrected chi connectivity index (χ4v) is 2.89. The molecule has 20 heavy (non-hydrogen) atoms. The molecule has 0 aliphatic carbocycles. The van der Waals surface area contributed by atoms with Gasteiger partial charge in [0.15, 0.2) is 0 Å². The van der Waals surface area contributed by atoms with Crippen molar-refractivity contribution in [1.82, 2.24) is 0 Å². The standard InChI is InChI=1S/C13H16O6S/c14-6-8-9(15)10(16)11(17)13(19-8)20-12(18)7-4-2-1-3-5-7/h1-5,8-11,13-17H,6H2/t8-,9+,10+,11-,13+/m1/s1. The number of carbonyl (C=O) groups excluding carboxylic acids is 1. The predicted molar refractivity (Wildman–Crippen MR) is 72.1 cm³/mol. The third-order valence-electron chi connectivity index (χ3n) is 3.08. The first-order valence-electron chi connectivity index (χ1n) is 6.11. The topological polar surface area (TPSA) is 107 Å². The number of aliphatic hydroxyl groups excluding tert-OH is 4. The van der Waals surface area contributed by atoms with Crippen LogP contribution in [0, 0.1) is 0 Å². The Bertz CT molecular complexity index is 451. The molecule has 0 aromatic heterocycles. The minimum absolute atomic E-state index is 0.324. The Balaban J connectivity index is 2.06. The third kappa shape index (κ3) is 3.20. The van der Waals surface area contributed by atoms with Crippen LogP contribution < -0.4 is 0 Å². The molecule has 7 heteroatoms. The molecule has 5 atom stereocenters. The van der Waals surface area contributed by atoms with Crippen LogP contribution in [0.2, 0.25) is 0 Å². The first-order chi connectivity index (χ1) is 9.54. The van der Waals surface area contributed by atoms with Gasteiger partial charge in [-0.1, -0.05) is 30.3 Å². The van der Waals surface area contributed by atoms with E-state index < -0.39 is 36.5 Å². The molecule has 4 N–H and O–H groups in total. The molecule has 0 spiro atoms. The van der Waals surface area contributed by atoms with E-state index >= 15 is 0 Å². The number of carbonyl (C=O) groups is 1. The molecular formula is C13H16O6S. The maximum atomic E-state index is 12.0. The van der Waals surface area contributed by atoms with Gasteiger partial charge in [-0.15, -0.1) is 0 Å². The van der Waals surface area contributed by atoms with Crippen LogP contribution in [0.4, 0.5) is 0 Å². The number of rotatable bonds is 3. The van der Waals surface area contributed by atoms with Crippen molar-refractivity contribution >= 4 is 16.9 Å². The number of hydrogen-bond acceptors (Lipinski definition) is 7. The molecular weight excluding hydrogens is 284 g/mol. The molecule has 2 rings (SSSR count). The first kappa shape index (κ1) is 15.4. The number of benzene rings is 1. The van der Waals surface area contributed by atoms with Crippen molar-refractivity contribution in [2.75, 3.05) is 6.61 Å². The number of aliphatic hydroxyl groups is 4. The van der Waals surface area contributed by atoms with E-state index in [-0.39, 0.29) is 5.12 Å². The summed E-state index contributed by atoms with van der Waals surface area (Å²) in [6, 6.07) is 8.44. The van der Waals surface area contributed by atoms with Crippen LogP contribution in [-0.4, -0.2) is 62.0 Å². The van der Waals surface area contributed by atoms with Crippen LogP contribution in [0.3, 0.4) is 0 Å². The summed E-state index contributed by atoms with van der Waals surface area (Å²) >= 11 is 0.713. The van der Waals surface area contributed by atoms with Gasteiger partial charge in [-0.2, -0.15) is 0 Å². The van der Waals surface area contributed by atoms with Gasteiger partial charge in [0.1, 0.15) is 29.9 Å². The van der Waals surface area contributed by atoms with Gasteiger partial charge in [0.05, 0.1) is 6.61 Å². The Morgan fingerprint density at radius 2 is 1.75 bits per heavy atom. The molecule has 1 aliphatic rings. The summed E-state index contributed by atoms with van der Waals surface area (Å²) in [4.78, 5) is 12.0. The highest BCUT2D eigenvalue weighted by atomic mass is 32.2. The van der Waals surface area contributed by atoms with E-state index in [0.29, 0.717) is 17.3 Å². The van der Waals surface area contributed by atoms with Crippen molar-refractivity contribution in [1.29, 1.82) is 0 Å². The summed E-state index contributed by atoms with van der Waals surface area (Å²) in [5, 5.41) is 37.8. The summed E-state index contributed by atoms with van der Waals surface area (Å²) in [6.45, 7) is -0.512. The van der Waals surface area contributed by atoms with Gasteiger partial charge in [0.2, 0.25) is 5.12 Å². The Kier molecular flexibility index (Phi) is 5.14. The molecule has 0 bridgehead atoms. The summed E-state index contributed by atoms with van der Waals surface area (Å²) in [6.07, 6.45) is -5.31. The van der Waals surface area contributed by atoms with E-state index in [2.05, 4.69) is 0 Å². The molecule has 0 amide bonds. The molecule has 1 fully saturated rings. The van der Waals surface area contributed by atoms with Crippen molar-refractivity contribution < 1.29 is 30.0 Å². The molecule has 1 heterocycles. The van der Waals surface area contributed by atoms with Gasteiger partial charge in [-0.25, -0.2) is 0 Å². The Labute approximate surface area is 120 Å². The van der Waals surface area contributed by atoms with Crippen LogP contribution >= 0.6 is 11.8 Å². The maximum Gasteiger partial charge on any atom is 0.221 e. The molecule has 1 aromatic carbocycles. The minimum atomic E-state index is -1.47. The van der Waals surface area contributed by atoms with Gasteiger partial charge >= 0.3 is 0 Å². The smallest absolute Gasteiger partial charge is 0.221 e. The van der Waals surface area contributed by atoms with Crippen molar-refractivity contribution in [2.45, 2.75) is 29.9 Å². The van der Waals surface area contributed by atoms with Crippen LogP contribution in [0.1, 0.15) is 10.4 Å². The Hall–Kier alpha value is -0.960. The van der Waals surface area contributed by atoms with Crippen LogP contribution in [0.5, 0.6) is 0 Å². The largest absolute Gasteiger partial charge is 0.394 e. The molecule has 0 radical (unpaired) electrons. The van der Waals surface area contributed by atoms with E-state index in [1.54, 1.807) is 30.3 Å². The Morgan fingerprint density at radius 1 is 1.10 bits per heavy atom. The zero-order valence-corrected chi connectivity index (χ0v) is 11.3. The number of hydrogen-bond donors (Lipinski definition) is 4. The molecule has 110 valence electrons. The van der Waals surface area contributed by atoms with E-state index in [1.165, 1.54) is 0 Å². The highest BCUT2D eigenvalue weighted by molar-refractivity contribution is 8.14. The normalized spacial score (nSPS) is 33.9. The summed E-state index contributed by atoms with van der Waals surface area (Å²) < 4.78 is 5.25. The van der Waals surface area contributed by atoms with Crippen LogP contribution in [-0.2, 0) is 4.74 Å². The van der Waals surface area contributed by atoms with Crippen LogP contribution in [0.15, 0.2) is 30.3 Å². The van der Waals surface area contributed by atoms with E-state index in [0.717, 1.165) is 0 Å². The Morgan fingerprint density at radius 3 is 2.35 bits per heavy atom. The minimum Gasteiger partial charge on any atom is -0.394 e. The number of ether oxygens (including phenoxy) is 1. The fraction of sp³-hybridized carbons (Fsp3) is 0.462. The second-order valence-electron chi connectivity index (χ2n) is 4.47. The summed E-state index contributed by atoms with van der Waals surface area (Å²) in [5.41, 5.74) is -0.604. The summed E-state index contributed by atoms with van der Waals surface area (Å²) in [5.74, 6) is 0. The lowest BCUT2D eigenvalue weighted by atomic mass is 10.0. The average Bonchev–Trinajstić information content (AvgIpc) is 2.48. The zero-order chi connectivity index (χ0) is 14.7. The van der Waals surface area contributed by atoms with Crippen molar-refractivity contribution in [3.05, 3.63) is 35.9 Å². The highest BCUT2D eigenvalue weighted by Crippen LogP contribution is 2.30. The second kappa shape index (κ2) is 6.66. The number of thioether (sulfide) groups is 1. The van der Waals surface area contributed by atoms with Gasteiger partial charge in [-0.05, 0) is 11.8 Å². The SMILES string of the molecule is O=C(S[C@@H]1O[C@H](CO)[C@H](O)[C@H](O)[C@H]1O)c1ccccc1. The lowest BCUT2D eigenvalue weighted by Crippen LogP contribution is -2.57. The van der Waals surface area contributed by atoms with E-state index in [1.807, 2.05) is 0 Å². The monoisotopic (exact) mass is 300 g/mol. The second-order valence-corrected chi connectivity index (χ2v) is 5.54. The third-order valence-corrected chi connectivity index (χ3v) is 4.15. The van der Waals surface area contributed by atoms with Gasteiger partial charge in [-0.3, -0.25) is 4.79 Å². The predicted octanol–water partition coefficient (Wildman–Crippen LogP) is -0.640. The van der Waals surface area contributed by atoms with Crippen molar-refractivity contribution in [3.63, 3.8) is 0 Å². The molecule has 0 unspecified atom stereocenters. The zero-order valence-electron chi connectivity index (χ0n) is 10.5. The molecule has 6 nitrogen and oxygen atoms in total.